The van der Waals surface area contributed by atoms with Crippen molar-refractivity contribution in [2.45, 2.75) is 39.2 Å². The van der Waals surface area contributed by atoms with Gasteiger partial charge in [-0.15, -0.1) is 0 Å². The molecular formula is C13H17N3O4. The normalized spacial score (nSPS) is 14.7. The summed E-state index contributed by atoms with van der Waals surface area (Å²) >= 11 is 0. The van der Waals surface area contributed by atoms with Crippen molar-refractivity contribution in [3.63, 3.8) is 0 Å². The molecule has 0 fully saturated rings. The van der Waals surface area contributed by atoms with Crippen LogP contribution < -0.4 is 4.90 Å². The van der Waals surface area contributed by atoms with E-state index in [4.69, 9.17) is 4.74 Å². The van der Waals surface area contributed by atoms with Gasteiger partial charge in [-0.3, -0.25) is 0 Å². The summed E-state index contributed by atoms with van der Waals surface area (Å²) in [5, 5.41) is 10.8. The minimum atomic E-state index is -0.616. The summed E-state index contributed by atoms with van der Waals surface area (Å²) in [7, 11) is 0. The number of carbonyl (C=O) groups is 1. The third-order valence-corrected chi connectivity index (χ3v) is 2.83. The molecular weight excluding hydrogens is 262 g/mol. The number of nitro groups is 1. The van der Waals surface area contributed by atoms with Crippen LogP contribution in [0.25, 0.3) is 0 Å². The first-order chi connectivity index (χ1) is 9.28. The summed E-state index contributed by atoms with van der Waals surface area (Å²) in [6.07, 6.45) is 1.01. The van der Waals surface area contributed by atoms with Crippen molar-refractivity contribution in [2.24, 2.45) is 0 Å². The van der Waals surface area contributed by atoms with Gasteiger partial charge in [0, 0.05) is 18.2 Å². The Balaban J connectivity index is 2.33. The molecule has 0 spiro atoms. The Hall–Kier alpha value is -2.18. The maximum Gasteiger partial charge on any atom is 0.417 e. The molecule has 1 aliphatic rings. The Labute approximate surface area is 116 Å². The van der Waals surface area contributed by atoms with E-state index in [0.29, 0.717) is 12.4 Å². The van der Waals surface area contributed by atoms with E-state index in [9.17, 15) is 14.9 Å². The van der Waals surface area contributed by atoms with E-state index in [1.807, 2.05) is 0 Å². The van der Waals surface area contributed by atoms with E-state index < -0.39 is 16.6 Å². The lowest BCUT2D eigenvalue weighted by Gasteiger charge is -2.28. The van der Waals surface area contributed by atoms with Crippen LogP contribution in [0.2, 0.25) is 0 Å². The maximum atomic E-state index is 12.2. The highest BCUT2D eigenvalue weighted by molar-refractivity contribution is 5.88. The van der Waals surface area contributed by atoms with Gasteiger partial charge in [-0.25, -0.2) is 9.69 Å². The van der Waals surface area contributed by atoms with Crippen LogP contribution in [0.4, 0.5) is 16.4 Å². The number of pyridine rings is 1. The fraction of sp³-hybridized carbons (Fsp3) is 0.538. The Bertz CT molecular complexity index is 551. The highest BCUT2D eigenvalue weighted by atomic mass is 16.6. The number of amides is 1. The van der Waals surface area contributed by atoms with Crippen LogP contribution >= 0.6 is 0 Å². The van der Waals surface area contributed by atoms with Gasteiger partial charge in [0.15, 0.2) is 0 Å². The first-order valence-electron chi connectivity index (χ1n) is 6.43. The Kier molecular flexibility index (Phi) is 3.61. The zero-order chi connectivity index (χ0) is 14.9. The van der Waals surface area contributed by atoms with Crippen molar-refractivity contribution in [3.8, 4) is 0 Å². The van der Waals surface area contributed by atoms with Crippen LogP contribution in [0.1, 0.15) is 32.8 Å². The maximum absolute atomic E-state index is 12.2. The highest BCUT2D eigenvalue weighted by Gasteiger charge is 2.32. The predicted octanol–water partition coefficient (Wildman–Crippen LogP) is 2.68. The topological polar surface area (TPSA) is 85.6 Å². The average molecular weight is 279 g/mol. The number of aryl methyl sites for hydroxylation is 1. The number of carbonyl (C=O) groups excluding carboxylic acids is 1. The highest BCUT2D eigenvalue weighted by Crippen LogP contribution is 2.28. The van der Waals surface area contributed by atoms with Gasteiger partial charge in [0.25, 0.3) is 5.82 Å². The molecule has 0 saturated heterocycles. The molecule has 0 atom stereocenters. The van der Waals surface area contributed by atoms with Crippen LogP contribution in [-0.2, 0) is 11.2 Å². The molecule has 1 amide bonds. The summed E-state index contributed by atoms with van der Waals surface area (Å²) < 4.78 is 5.31. The molecule has 0 unspecified atom stereocenters. The monoisotopic (exact) mass is 279 g/mol. The van der Waals surface area contributed by atoms with Gasteiger partial charge in [-0.1, -0.05) is 0 Å². The molecule has 20 heavy (non-hydrogen) atoms. The lowest BCUT2D eigenvalue weighted by Crippen LogP contribution is -2.40. The van der Waals surface area contributed by atoms with Gasteiger partial charge in [-0.2, -0.15) is 0 Å². The van der Waals surface area contributed by atoms with Gasteiger partial charge < -0.3 is 14.9 Å². The van der Waals surface area contributed by atoms with Gasteiger partial charge >= 0.3 is 11.9 Å². The van der Waals surface area contributed by atoms with E-state index in [1.54, 1.807) is 26.8 Å². The molecule has 7 nitrogen and oxygen atoms in total. The number of hydrogen-bond acceptors (Lipinski definition) is 5. The molecule has 7 heteroatoms. The number of fused-ring (bicyclic) bond motifs is 1. The fourth-order valence-corrected chi connectivity index (χ4v) is 2.03. The third kappa shape index (κ3) is 3.04. The van der Waals surface area contributed by atoms with Crippen LogP contribution in [0, 0.1) is 10.1 Å². The molecule has 0 N–H and O–H groups in total. The van der Waals surface area contributed by atoms with Crippen molar-refractivity contribution in [1.29, 1.82) is 0 Å². The van der Waals surface area contributed by atoms with Gasteiger partial charge in [0.05, 0.1) is 0 Å². The lowest BCUT2D eigenvalue weighted by atomic mass is 10.1. The predicted molar refractivity (Wildman–Crippen MR) is 72.8 cm³/mol. The van der Waals surface area contributed by atoms with Crippen molar-refractivity contribution in [2.75, 3.05) is 11.4 Å². The molecule has 0 saturated carbocycles. The standard InChI is InChI=1S/C13H17N3O4/c1-13(2,3)20-12(17)15-8-4-5-9-6-7-10(16(18)19)14-11(9)15/h6-7H,4-5,8H2,1-3H3. The number of ether oxygens (including phenoxy) is 1. The average Bonchev–Trinajstić information content (AvgIpc) is 2.35. The first kappa shape index (κ1) is 14.2. The van der Waals surface area contributed by atoms with Gasteiger partial charge in [0.2, 0.25) is 0 Å². The molecule has 1 aliphatic heterocycles. The van der Waals surface area contributed by atoms with Gasteiger partial charge in [0.1, 0.15) is 5.60 Å². The third-order valence-electron chi connectivity index (χ3n) is 2.83. The van der Waals surface area contributed by atoms with E-state index in [0.717, 1.165) is 18.4 Å². The van der Waals surface area contributed by atoms with Crippen molar-refractivity contribution in [3.05, 3.63) is 27.8 Å². The zero-order valence-electron chi connectivity index (χ0n) is 11.8. The summed E-state index contributed by atoms with van der Waals surface area (Å²) in [5.41, 5.74) is 0.211. The molecule has 2 rings (SSSR count). The quantitative estimate of drug-likeness (QED) is 0.582. The number of aromatic nitrogens is 1. The van der Waals surface area contributed by atoms with Crippen LogP contribution in [0.3, 0.4) is 0 Å². The Morgan fingerprint density at radius 3 is 2.75 bits per heavy atom. The molecule has 1 aromatic rings. The molecule has 0 bridgehead atoms. The molecule has 1 aromatic heterocycles. The second kappa shape index (κ2) is 5.07. The number of nitrogens with zero attached hydrogens (tertiary/aromatic N) is 3. The second-order valence-electron chi connectivity index (χ2n) is 5.64. The van der Waals surface area contributed by atoms with E-state index in [-0.39, 0.29) is 5.82 Å². The number of rotatable bonds is 1. The van der Waals surface area contributed by atoms with Crippen molar-refractivity contribution < 1.29 is 14.5 Å². The van der Waals surface area contributed by atoms with E-state index in [2.05, 4.69) is 4.98 Å². The second-order valence-corrected chi connectivity index (χ2v) is 5.64. The summed E-state index contributed by atoms with van der Waals surface area (Å²) in [6.45, 7) is 5.78. The molecule has 0 aliphatic carbocycles. The van der Waals surface area contributed by atoms with E-state index >= 15 is 0 Å². The minimum absolute atomic E-state index is 0.265. The number of anilines is 1. The first-order valence-corrected chi connectivity index (χ1v) is 6.43. The van der Waals surface area contributed by atoms with Crippen LogP contribution in [0.15, 0.2) is 12.1 Å². The largest absolute Gasteiger partial charge is 0.443 e. The Morgan fingerprint density at radius 1 is 1.45 bits per heavy atom. The summed E-state index contributed by atoms with van der Waals surface area (Å²) in [4.78, 5) is 27.7. The zero-order valence-corrected chi connectivity index (χ0v) is 11.8. The SMILES string of the molecule is CC(C)(C)OC(=O)N1CCCc2ccc([N+](=O)[O-])nc21. The smallest absolute Gasteiger partial charge is 0.417 e. The van der Waals surface area contributed by atoms with Gasteiger partial charge in [-0.05, 0) is 49.6 Å². The van der Waals surface area contributed by atoms with Crippen molar-refractivity contribution >= 4 is 17.7 Å². The lowest BCUT2D eigenvalue weighted by molar-refractivity contribution is -0.389. The summed E-state index contributed by atoms with van der Waals surface area (Å²) in [5.74, 6) is 0.0684. The molecule has 2 heterocycles. The molecule has 0 aromatic carbocycles. The van der Waals surface area contributed by atoms with Crippen LogP contribution in [0.5, 0.6) is 0 Å². The van der Waals surface area contributed by atoms with Crippen molar-refractivity contribution in [1.82, 2.24) is 4.98 Å². The van der Waals surface area contributed by atoms with Crippen LogP contribution in [-0.4, -0.2) is 28.1 Å². The molecule has 108 valence electrons. The fourth-order valence-electron chi connectivity index (χ4n) is 2.03. The Morgan fingerprint density at radius 2 is 2.15 bits per heavy atom. The summed E-state index contributed by atoms with van der Waals surface area (Å²) in [6, 6.07) is 3.01. The minimum Gasteiger partial charge on any atom is -0.443 e. The van der Waals surface area contributed by atoms with E-state index in [1.165, 1.54) is 11.0 Å². The number of hydrogen-bond donors (Lipinski definition) is 0. The molecule has 0 radical (unpaired) electrons.